The molecule has 4 aromatic carbocycles. The SMILES string of the molecule is Cc1cc(C)c2nc(-c3ccc(OCc4ccccc4)cc3)c(C)c(C(=O)Nc3ccccc3C)c2c1. The monoisotopic (exact) mass is 486 g/mol. The van der Waals surface area contributed by atoms with E-state index in [1.807, 2.05) is 107 Å². The highest BCUT2D eigenvalue weighted by Gasteiger charge is 2.21. The third-order valence-electron chi connectivity index (χ3n) is 6.66. The number of fused-ring (bicyclic) bond motifs is 1. The van der Waals surface area contributed by atoms with Crippen LogP contribution in [-0.4, -0.2) is 10.9 Å². The molecule has 0 spiro atoms. The van der Waals surface area contributed by atoms with Crippen molar-refractivity contribution in [2.24, 2.45) is 0 Å². The van der Waals surface area contributed by atoms with E-state index in [4.69, 9.17) is 9.72 Å². The van der Waals surface area contributed by atoms with Crippen LogP contribution < -0.4 is 10.1 Å². The van der Waals surface area contributed by atoms with Crippen molar-refractivity contribution < 1.29 is 9.53 Å². The molecule has 0 aliphatic rings. The number of ether oxygens (including phenoxy) is 1. The summed E-state index contributed by atoms with van der Waals surface area (Å²) in [6.07, 6.45) is 0. The van der Waals surface area contributed by atoms with E-state index in [0.717, 1.165) is 61.4 Å². The average Bonchev–Trinajstić information content (AvgIpc) is 2.89. The topological polar surface area (TPSA) is 51.2 Å². The summed E-state index contributed by atoms with van der Waals surface area (Å²) >= 11 is 0. The third kappa shape index (κ3) is 5.10. The summed E-state index contributed by atoms with van der Waals surface area (Å²) < 4.78 is 5.97. The first-order valence-electron chi connectivity index (χ1n) is 12.5. The molecule has 0 aliphatic carbocycles. The summed E-state index contributed by atoms with van der Waals surface area (Å²) in [6.45, 7) is 8.58. The van der Waals surface area contributed by atoms with Crippen molar-refractivity contribution >= 4 is 22.5 Å². The number of carbonyl (C=O) groups is 1. The second-order valence-electron chi connectivity index (χ2n) is 9.51. The molecule has 0 radical (unpaired) electrons. The molecule has 1 amide bonds. The van der Waals surface area contributed by atoms with E-state index in [1.54, 1.807) is 0 Å². The molecular formula is C33H30N2O2. The number of rotatable bonds is 6. The highest BCUT2D eigenvalue weighted by atomic mass is 16.5. The lowest BCUT2D eigenvalue weighted by atomic mass is 9.94. The van der Waals surface area contributed by atoms with Crippen LogP contribution in [0, 0.1) is 27.7 Å². The number of pyridine rings is 1. The molecule has 0 fully saturated rings. The van der Waals surface area contributed by atoms with E-state index in [1.165, 1.54) is 0 Å². The number of amides is 1. The van der Waals surface area contributed by atoms with Gasteiger partial charge in [-0.3, -0.25) is 4.79 Å². The van der Waals surface area contributed by atoms with Gasteiger partial charge in [0.1, 0.15) is 12.4 Å². The summed E-state index contributed by atoms with van der Waals surface area (Å²) in [6, 6.07) is 30.0. The number of aryl methyl sites for hydroxylation is 3. The van der Waals surface area contributed by atoms with E-state index in [0.29, 0.717) is 12.2 Å². The molecule has 4 heteroatoms. The van der Waals surface area contributed by atoms with Gasteiger partial charge in [-0.1, -0.05) is 60.2 Å². The van der Waals surface area contributed by atoms with Crippen LogP contribution >= 0.6 is 0 Å². The van der Waals surface area contributed by atoms with Gasteiger partial charge in [0.2, 0.25) is 0 Å². The normalized spacial score (nSPS) is 10.9. The maximum absolute atomic E-state index is 13.7. The number of carbonyl (C=O) groups excluding carboxylic acids is 1. The van der Waals surface area contributed by atoms with Gasteiger partial charge < -0.3 is 10.1 Å². The van der Waals surface area contributed by atoms with Crippen LogP contribution in [0.3, 0.4) is 0 Å². The molecule has 184 valence electrons. The minimum Gasteiger partial charge on any atom is -0.489 e. The van der Waals surface area contributed by atoms with Gasteiger partial charge in [-0.15, -0.1) is 0 Å². The fraction of sp³-hybridized carbons (Fsp3) is 0.152. The predicted molar refractivity (Wildman–Crippen MR) is 151 cm³/mol. The minimum atomic E-state index is -0.131. The minimum absolute atomic E-state index is 0.131. The van der Waals surface area contributed by atoms with Crippen LogP contribution in [0.25, 0.3) is 22.2 Å². The van der Waals surface area contributed by atoms with Gasteiger partial charge in [0.05, 0.1) is 16.8 Å². The van der Waals surface area contributed by atoms with E-state index >= 15 is 0 Å². The molecule has 0 bridgehead atoms. The van der Waals surface area contributed by atoms with Crippen LogP contribution in [0.2, 0.25) is 0 Å². The van der Waals surface area contributed by atoms with Gasteiger partial charge in [-0.25, -0.2) is 4.98 Å². The Labute approximate surface area is 218 Å². The predicted octanol–water partition coefficient (Wildman–Crippen LogP) is 7.97. The van der Waals surface area contributed by atoms with Gasteiger partial charge in [0.25, 0.3) is 5.91 Å². The quantitative estimate of drug-likeness (QED) is 0.265. The molecule has 1 aromatic heterocycles. The van der Waals surface area contributed by atoms with Crippen LogP contribution in [0.4, 0.5) is 5.69 Å². The zero-order chi connectivity index (χ0) is 25.9. The molecular weight excluding hydrogens is 456 g/mol. The van der Waals surface area contributed by atoms with E-state index in [2.05, 4.69) is 17.4 Å². The van der Waals surface area contributed by atoms with Gasteiger partial charge in [-0.05, 0) is 86.3 Å². The Balaban J connectivity index is 1.54. The molecule has 0 saturated carbocycles. The Morgan fingerprint density at radius 3 is 2.24 bits per heavy atom. The first kappa shape index (κ1) is 24.3. The van der Waals surface area contributed by atoms with E-state index < -0.39 is 0 Å². The van der Waals surface area contributed by atoms with Gasteiger partial charge in [0, 0.05) is 16.6 Å². The summed E-state index contributed by atoms with van der Waals surface area (Å²) in [5, 5.41) is 4.00. The third-order valence-corrected chi connectivity index (χ3v) is 6.66. The number of anilines is 1. The van der Waals surface area contributed by atoms with Crippen molar-refractivity contribution in [3.8, 4) is 17.0 Å². The largest absolute Gasteiger partial charge is 0.489 e. The number of aromatic nitrogens is 1. The van der Waals surface area contributed by atoms with Crippen molar-refractivity contribution in [3.05, 3.63) is 124 Å². The molecule has 37 heavy (non-hydrogen) atoms. The second-order valence-corrected chi connectivity index (χ2v) is 9.51. The molecule has 5 aromatic rings. The number of hydrogen-bond acceptors (Lipinski definition) is 3. The van der Waals surface area contributed by atoms with Gasteiger partial charge in [-0.2, -0.15) is 0 Å². The first-order chi connectivity index (χ1) is 17.9. The standard InChI is InChI=1S/C33H30N2O2/c1-21-18-23(3)31-28(19-21)30(33(36)34-29-13-9-8-10-22(29)2)24(4)32(35-31)26-14-16-27(17-15-26)37-20-25-11-6-5-7-12-25/h5-19H,20H2,1-4H3,(H,34,36). The van der Waals surface area contributed by atoms with Crippen molar-refractivity contribution in [2.45, 2.75) is 34.3 Å². The van der Waals surface area contributed by atoms with Crippen LogP contribution in [0.15, 0.2) is 91.0 Å². The number of nitrogens with zero attached hydrogens (tertiary/aromatic N) is 1. The van der Waals surface area contributed by atoms with Gasteiger partial charge in [0.15, 0.2) is 0 Å². The van der Waals surface area contributed by atoms with Crippen molar-refractivity contribution in [3.63, 3.8) is 0 Å². The average molecular weight is 487 g/mol. The summed E-state index contributed by atoms with van der Waals surface area (Å²) in [7, 11) is 0. The molecule has 4 nitrogen and oxygen atoms in total. The first-order valence-corrected chi connectivity index (χ1v) is 12.5. The highest BCUT2D eigenvalue weighted by molar-refractivity contribution is 6.15. The van der Waals surface area contributed by atoms with Gasteiger partial charge >= 0.3 is 0 Å². The van der Waals surface area contributed by atoms with Crippen LogP contribution in [0.5, 0.6) is 5.75 Å². The Morgan fingerprint density at radius 2 is 1.51 bits per heavy atom. The lowest BCUT2D eigenvalue weighted by molar-refractivity contribution is 0.102. The van der Waals surface area contributed by atoms with E-state index in [9.17, 15) is 4.79 Å². The molecule has 1 heterocycles. The maximum atomic E-state index is 13.7. The Kier molecular flexibility index (Phi) is 6.74. The number of nitrogens with one attached hydrogen (secondary N) is 1. The maximum Gasteiger partial charge on any atom is 0.256 e. The number of hydrogen-bond donors (Lipinski definition) is 1. The highest BCUT2D eigenvalue weighted by Crippen LogP contribution is 2.33. The zero-order valence-corrected chi connectivity index (χ0v) is 21.6. The van der Waals surface area contributed by atoms with Crippen molar-refractivity contribution in [2.75, 3.05) is 5.32 Å². The number of benzene rings is 4. The molecule has 0 atom stereocenters. The molecule has 5 rings (SSSR count). The molecule has 0 aliphatic heterocycles. The molecule has 1 N–H and O–H groups in total. The smallest absolute Gasteiger partial charge is 0.256 e. The summed E-state index contributed by atoms with van der Waals surface area (Å²) in [5.74, 6) is 0.656. The van der Waals surface area contributed by atoms with Crippen molar-refractivity contribution in [1.29, 1.82) is 0 Å². The summed E-state index contributed by atoms with van der Waals surface area (Å²) in [5.41, 5.74) is 9.17. The fourth-order valence-corrected chi connectivity index (χ4v) is 4.74. The fourth-order valence-electron chi connectivity index (χ4n) is 4.74. The zero-order valence-electron chi connectivity index (χ0n) is 21.6. The van der Waals surface area contributed by atoms with E-state index in [-0.39, 0.29) is 5.91 Å². The molecule has 0 unspecified atom stereocenters. The lowest BCUT2D eigenvalue weighted by Gasteiger charge is -2.17. The van der Waals surface area contributed by atoms with Crippen LogP contribution in [0.1, 0.15) is 38.2 Å². The lowest BCUT2D eigenvalue weighted by Crippen LogP contribution is -2.16. The Hall–Kier alpha value is -4.44. The number of para-hydroxylation sites is 1. The second kappa shape index (κ2) is 10.3. The van der Waals surface area contributed by atoms with Crippen molar-refractivity contribution in [1.82, 2.24) is 4.98 Å². The summed E-state index contributed by atoms with van der Waals surface area (Å²) in [4.78, 5) is 18.8. The molecule has 0 saturated heterocycles. The Morgan fingerprint density at radius 1 is 0.811 bits per heavy atom. The van der Waals surface area contributed by atoms with Crippen LogP contribution in [-0.2, 0) is 6.61 Å². The Bertz CT molecular complexity index is 1590.